The highest BCUT2D eigenvalue weighted by Gasteiger charge is 2.26. The molecule has 0 fully saturated rings. The number of aryl methyl sites for hydroxylation is 2. The molecular formula is C10H14N2O2. The van der Waals surface area contributed by atoms with Crippen LogP contribution in [0.3, 0.4) is 0 Å². The van der Waals surface area contributed by atoms with Crippen molar-refractivity contribution in [2.24, 2.45) is 5.92 Å². The van der Waals surface area contributed by atoms with Gasteiger partial charge in [-0.15, -0.1) is 0 Å². The van der Waals surface area contributed by atoms with Gasteiger partial charge in [-0.25, -0.2) is 0 Å². The molecule has 0 spiro atoms. The lowest BCUT2D eigenvalue weighted by Crippen LogP contribution is -2.21. The maximum atomic E-state index is 10.8. The summed E-state index contributed by atoms with van der Waals surface area (Å²) in [5.74, 6) is -0.892. The molecule has 1 aliphatic carbocycles. The molecule has 4 nitrogen and oxygen atoms in total. The van der Waals surface area contributed by atoms with Gasteiger partial charge in [-0.3, -0.25) is 9.48 Å². The standard InChI is InChI=1S/C10H14N2O2/c1-2-12-6-8-5-7(10(13)14)3-4-9(8)11-12/h6-7H,2-5H2,1H3,(H,13,14). The second kappa shape index (κ2) is 3.44. The molecule has 1 aliphatic rings. The van der Waals surface area contributed by atoms with Crippen molar-refractivity contribution in [1.82, 2.24) is 9.78 Å². The molecule has 14 heavy (non-hydrogen) atoms. The predicted octanol–water partition coefficient (Wildman–Crippen LogP) is 1.09. The zero-order chi connectivity index (χ0) is 10.1. The molecule has 1 aromatic heterocycles. The summed E-state index contributed by atoms with van der Waals surface area (Å²) in [5, 5.41) is 13.3. The molecule has 76 valence electrons. The van der Waals surface area contributed by atoms with Gasteiger partial charge in [0.2, 0.25) is 0 Å². The summed E-state index contributed by atoms with van der Waals surface area (Å²) < 4.78 is 1.88. The molecule has 1 heterocycles. The molecule has 1 N–H and O–H groups in total. The first kappa shape index (κ1) is 9.24. The van der Waals surface area contributed by atoms with Crippen LogP contribution in [-0.2, 0) is 24.2 Å². The number of carbonyl (C=O) groups is 1. The topological polar surface area (TPSA) is 55.1 Å². The van der Waals surface area contributed by atoms with E-state index >= 15 is 0 Å². The Morgan fingerprint density at radius 2 is 2.57 bits per heavy atom. The van der Waals surface area contributed by atoms with E-state index in [2.05, 4.69) is 5.10 Å². The van der Waals surface area contributed by atoms with Crippen molar-refractivity contribution in [3.63, 3.8) is 0 Å². The van der Waals surface area contributed by atoms with Gasteiger partial charge in [0, 0.05) is 12.7 Å². The van der Waals surface area contributed by atoms with Gasteiger partial charge in [-0.2, -0.15) is 5.10 Å². The quantitative estimate of drug-likeness (QED) is 0.766. The lowest BCUT2D eigenvalue weighted by molar-refractivity contribution is -0.142. The van der Waals surface area contributed by atoms with Crippen LogP contribution in [0.25, 0.3) is 0 Å². The molecule has 4 heteroatoms. The van der Waals surface area contributed by atoms with E-state index in [1.165, 1.54) is 0 Å². The van der Waals surface area contributed by atoms with Crippen LogP contribution in [-0.4, -0.2) is 20.9 Å². The first-order valence-electron chi connectivity index (χ1n) is 4.98. The van der Waals surface area contributed by atoms with Gasteiger partial charge in [0.05, 0.1) is 11.6 Å². The highest BCUT2D eigenvalue weighted by molar-refractivity contribution is 5.70. The zero-order valence-electron chi connectivity index (χ0n) is 8.23. The molecule has 0 saturated heterocycles. The largest absolute Gasteiger partial charge is 0.481 e. The smallest absolute Gasteiger partial charge is 0.306 e. The Hall–Kier alpha value is -1.32. The van der Waals surface area contributed by atoms with E-state index in [0.29, 0.717) is 6.42 Å². The average molecular weight is 194 g/mol. The summed E-state index contributed by atoms with van der Waals surface area (Å²) in [6.07, 6.45) is 4.15. The van der Waals surface area contributed by atoms with Gasteiger partial charge < -0.3 is 5.11 Å². The maximum Gasteiger partial charge on any atom is 0.306 e. The van der Waals surface area contributed by atoms with E-state index in [1.54, 1.807) is 0 Å². The SMILES string of the molecule is CCn1cc2c(n1)CCC(C(=O)O)C2. The highest BCUT2D eigenvalue weighted by atomic mass is 16.4. The number of carboxylic acid groups (broad SMARTS) is 1. The molecule has 0 radical (unpaired) electrons. The molecule has 0 aromatic carbocycles. The third-order valence-electron chi connectivity index (χ3n) is 2.79. The predicted molar refractivity (Wildman–Crippen MR) is 51.1 cm³/mol. The van der Waals surface area contributed by atoms with Crippen molar-refractivity contribution in [2.75, 3.05) is 0 Å². The lowest BCUT2D eigenvalue weighted by atomic mass is 9.88. The summed E-state index contributed by atoms with van der Waals surface area (Å²) >= 11 is 0. The normalized spacial score (nSPS) is 20.5. The van der Waals surface area contributed by atoms with Gasteiger partial charge in [-0.05, 0) is 31.7 Å². The zero-order valence-corrected chi connectivity index (χ0v) is 8.23. The molecular weight excluding hydrogens is 180 g/mol. The average Bonchev–Trinajstić information content (AvgIpc) is 2.58. The van der Waals surface area contributed by atoms with E-state index in [4.69, 9.17) is 5.11 Å². The summed E-state index contributed by atoms with van der Waals surface area (Å²) in [6, 6.07) is 0. The Bertz CT molecular complexity index is 357. The van der Waals surface area contributed by atoms with E-state index in [1.807, 2.05) is 17.8 Å². The Balaban J connectivity index is 2.21. The first-order valence-corrected chi connectivity index (χ1v) is 4.98. The fourth-order valence-corrected chi connectivity index (χ4v) is 1.93. The van der Waals surface area contributed by atoms with Crippen LogP contribution in [0.2, 0.25) is 0 Å². The van der Waals surface area contributed by atoms with Gasteiger partial charge in [0.15, 0.2) is 0 Å². The van der Waals surface area contributed by atoms with E-state index < -0.39 is 5.97 Å². The van der Waals surface area contributed by atoms with Crippen molar-refractivity contribution in [1.29, 1.82) is 0 Å². The minimum absolute atomic E-state index is 0.211. The summed E-state index contributed by atoms with van der Waals surface area (Å²) in [7, 11) is 0. The monoisotopic (exact) mass is 194 g/mol. The van der Waals surface area contributed by atoms with Crippen molar-refractivity contribution in [3.8, 4) is 0 Å². The third-order valence-corrected chi connectivity index (χ3v) is 2.79. The molecule has 0 amide bonds. The third kappa shape index (κ3) is 1.52. The van der Waals surface area contributed by atoms with Crippen LogP contribution in [0.1, 0.15) is 24.6 Å². The van der Waals surface area contributed by atoms with Crippen LogP contribution in [0.15, 0.2) is 6.20 Å². The van der Waals surface area contributed by atoms with Crippen LogP contribution in [0.4, 0.5) is 0 Å². The number of aromatic nitrogens is 2. The van der Waals surface area contributed by atoms with Gasteiger partial charge in [0.1, 0.15) is 0 Å². The van der Waals surface area contributed by atoms with Crippen molar-refractivity contribution in [2.45, 2.75) is 32.7 Å². The number of aliphatic carboxylic acids is 1. The van der Waals surface area contributed by atoms with Gasteiger partial charge in [0.25, 0.3) is 0 Å². The lowest BCUT2D eigenvalue weighted by Gasteiger charge is -2.16. The van der Waals surface area contributed by atoms with Crippen LogP contribution >= 0.6 is 0 Å². The molecule has 0 bridgehead atoms. The van der Waals surface area contributed by atoms with Crippen LogP contribution in [0, 0.1) is 5.92 Å². The van der Waals surface area contributed by atoms with Gasteiger partial charge in [-0.1, -0.05) is 0 Å². The number of nitrogens with zero attached hydrogens (tertiary/aromatic N) is 2. The van der Waals surface area contributed by atoms with Crippen molar-refractivity contribution in [3.05, 3.63) is 17.5 Å². The Morgan fingerprint density at radius 3 is 3.21 bits per heavy atom. The van der Waals surface area contributed by atoms with E-state index in [0.717, 1.165) is 30.6 Å². The number of hydrogen-bond acceptors (Lipinski definition) is 2. The van der Waals surface area contributed by atoms with Crippen molar-refractivity contribution >= 4 is 5.97 Å². The minimum Gasteiger partial charge on any atom is -0.481 e. The Morgan fingerprint density at radius 1 is 1.79 bits per heavy atom. The highest BCUT2D eigenvalue weighted by Crippen LogP contribution is 2.24. The summed E-state index contributed by atoms with van der Waals surface area (Å²) in [4.78, 5) is 10.8. The Kier molecular flexibility index (Phi) is 2.27. The van der Waals surface area contributed by atoms with Gasteiger partial charge >= 0.3 is 5.97 Å². The molecule has 1 unspecified atom stereocenters. The van der Waals surface area contributed by atoms with Crippen molar-refractivity contribution < 1.29 is 9.90 Å². The molecule has 1 atom stereocenters. The fourth-order valence-electron chi connectivity index (χ4n) is 1.93. The van der Waals surface area contributed by atoms with E-state index in [9.17, 15) is 4.79 Å². The van der Waals surface area contributed by atoms with Crippen LogP contribution in [0.5, 0.6) is 0 Å². The second-order valence-electron chi connectivity index (χ2n) is 3.73. The summed E-state index contributed by atoms with van der Waals surface area (Å²) in [6.45, 7) is 2.89. The number of rotatable bonds is 2. The number of hydrogen-bond donors (Lipinski definition) is 1. The van der Waals surface area contributed by atoms with Crippen LogP contribution < -0.4 is 0 Å². The molecule has 0 saturated carbocycles. The molecule has 0 aliphatic heterocycles. The summed E-state index contributed by atoms with van der Waals surface area (Å²) in [5.41, 5.74) is 2.20. The van der Waals surface area contributed by atoms with E-state index in [-0.39, 0.29) is 5.92 Å². The first-order chi connectivity index (χ1) is 6.70. The number of carboxylic acids is 1. The molecule has 1 aromatic rings. The Labute approximate surface area is 82.5 Å². The molecule has 2 rings (SSSR count). The fraction of sp³-hybridized carbons (Fsp3) is 0.600. The minimum atomic E-state index is -0.681. The second-order valence-corrected chi connectivity index (χ2v) is 3.73. The maximum absolute atomic E-state index is 10.8. The number of fused-ring (bicyclic) bond motifs is 1.